The molecule has 0 fully saturated rings. The highest BCUT2D eigenvalue weighted by Gasteiger charge is 2.20. The van der Waals surface area contributed by atoms with Crippen molar-refractivity contribution in [2.45, 2.75) is 36.6 Å². The van der Waals surface area contributed by atoms with Crippen molar-refractivity contribution in [3.8, 4) is 0 Å². The molecule has 1 aromatic carbocycles. The Bertz CT molecular complexity index is 342. The molecule has 96 valence electrons. The normalized spacial score (nSPS) is 14.6. The van der Waals surface area contributed by atoms with Gasteiger partial charge in [0.05, 0.1) is 6.61 Å². The topological polar surface area (TPSA) is 46.2 Å². The number of thioether (sulfide) groups is 1. The Balaban J connectivity index is 2.32. The monoisotopic (exact) mass is 257 g/mol. The van der Waals surface area contributed by atoms with Crippen molar-refractivity contribution >= 4 is 11.8 Å². The van der Waals surface area contributed by atoms with E-state index in [4.69, 9.17) is 10.8 Å². The molecule has 0 amide bonds. The molecule has 0 saturated carbocycles. The van der Waals surface area contributed by atoms with Gasteiger partial charge < -0.3 is 10.8 Å². The summed E-state index contributed by atoms with van der Waals surface area (Å²) >= 11 is 1.50. The van der Waals surface area contributed by atoms with Gasteiger partial charge in [-0.2, -0.15) is 0 Å². The maximum Gasteiger partial charge on any atom is 0.136 e. The number of benzene rings is 1. The fourth-order valence-electron chi connectivity index (χ4n) is 1.54. The predicted octanol–water partition coefficient (Wildman–Crippen LogP) is 2.80. The second-order valence-corrected chi connectivity index (χ2v) is 5.39. The van der Waals surface area contributed by atoms with E-state index < -0.39 is 5.54 Å². The number of rotatable bonds is 7. The van der Waals surface area contributed by atoms with Gasteiger partial charge in [-0.25, -0.2) is 4.39 Å². The summed E-state index contributed by atoms with van der Waals surface area (Å²) in [4.78, 5) is 0.676. The largest absolute Gasteiger partial charge is 0.394 e. The molecule has 1 unspecified atom stereocenters. The molecule has 0 bridgehead atoms. The minimum Gasteiger partial charge on any atom is -0.394 e. The van der Waals surface area contributed by atoms with Crippen LogP contribution in [0.4, 0.5) is 4.39 Å². The van der Waals surface area contributed by atoms with Gasteiger partial charge >= 0.3 is 0 Å². The summed E-state index contributed by atoms with van der Waals surface area (Å²) in [7, 11) is 0. The first-order valence-electron chi connectivity index (χ1n) is 5.88. The third-order valence-corrected chi connectivity index (χ3v) is 4.07. The number of aliphatic hydroxyl groups excluding tert-OH is 1. The van der Waals surface area contributed by atoms with Gasteiger partial charge in [0.1, 0.15) is 5.82 Å². The van der Waals surface area contributed by atoms with Crippen molar-refractivity contribution in [3.05, 3.63) is 30.1 Å². The van der Waals surface area contributed by atoms with Gasteiger partial charge in [0.25, 0.3) is 0 Å². The standard InChI is InChI=1S/C13H20FNOS/c1-2-13(15,10-16)8-5-9-17-12-7-4-3-6-11(12)14/h3-4,6-7,16H,2,5,8-10,15H2,1H3. The molecule has 0 aromatic heterocycles. The van der Waals surface area contributed by atoms with E-state index in [0.717, 1.165) is 25.0 Å². The van der Waals surface area contributed by atoms with Crippen molar-refractivity contribution in [2.24, 2.45) is 5.73 Å². The highest BCUT2D eigenvalue weighted by Crippen LogP contribution is 2.23. The SMILES string of the molecule is CCC(N)(CO)CCCSc1ccccc1F. The van der Waals surface area contributed by atoms with Crippen molar-refractivity contribution in [2.75, 3.05) is 12.4 Å². The summed E-state index contributed by atoms with van der Waals surface area (Å²) in [5.41, 5.74) is 5.50. The average Bonchev–Trinajstić information content (AvgIpc) is 2.36. The lowest BCUT2D eigenvalue weighted by molar-refractivity contribution is 0.182. The van der Waals surface area contributed by atoms with Crippen molar-refractivity contribution in [1.82, 2.24) is 0 Å². The van der Waals surface area contributed by atoms with E-state index in [1.807, 2.05) is 13.0 Å². The maximum absolute atomic E-state index is 13.3. The van der Waals surface area contributed by atoms with Crippen LogP contribution in [0.1, 0.15) is 26.2 Å². The molecular formula is C13H20FNOS. The summed E-state index contributed by atoms with van der Waals surface area (Å²) in [6.07, 6.45) is 2.40. The van der Waals surface area contributed by atoms with Gasteiger partial charge in [-0.1, -0.05) is 19.1 Å². The first-order valence-corrected chi connectivity index (χ1v) is 6.87. The van der Waals surface area contributed by atoms with Gasteiger partial charge in [0.2, 0.25) is 0 Å². The van der Waals surface area contributed by atoms with Crippen molar-refractivity contribution in [3.63, 3.8) is 0 Å². The smallest absolute Gasteiger partial charge is 0.136 e. The quantitative estimate of drug-likeness (QED) is 0.583. The van der Waals surface area contributed by atoms with E-state index in [9.17, 15) is 4.39 Å². The predicted molar refractivity (Wildman–Crippen MR) is 70.7 cm³/mol. The summed E-state index contributed by atoms with van der Waals surface area (Å²) in [6.45, 7) is 1.98. The number of nitrogens with two attached hydrogens (primary N) is 1. The van der Waals surface area contributed by atoms with Crippen LogP contribution in [0, 0.1) is 5.82 Å². The van der Waals surface area contributed by atoms with Crippen LogP contribution in [0.5, 0.6) is 0 Å². The van der Waals surface area contributed by atoms with Crippen molar-refractivity contribution in [1.29, 1.82) is 0 Å². The highest BCUT2D eigenvalue weighted by molar-refractivity contribution is 7.99. The lowest BCUT2D eigenvalue weighted by Gasteiger charge is -2.25. The minimum absolute atomic E-state index is 0.00780. The van der Waals surface area contributed by atoms with Crippen LogP contribution >= 0.6 is 11.8 Å². The number of halogens is 1. The first kappa shape index (κ1) is 14.5. The van der Waals surface area contributed by atoms with Crippen LogP contribution in [0.2, 0.25) is 0 Å². The maximum atomic E-state index is 13.3. The van der Waals surface area contributed by atoms with Gasteiger partial charge in [-0.05, 0) is 37.1 Å². The van der Waals surface area contributed by atoms with E-state index in [-0.39, 0.29) is 12.4 Å². The molecule has 4 heteroatoms. The minimum atomic E-state index is -0.476. The Morgan fingerprint density at radius 1 is 1.41 bits per heavy atom. The first-order chi connectivity index (χ1) is 8.11. The molecule has 0 aliphatic heterocycles. The molecule has 1 rings (SSSR count). The Morgan fingerprint density at radius 3 is 2.71 bits per heavy atom. The van der Waals surface area contributed by atoms with Gasteiger partial charge in [-0.3, -0.25) is 0 Å². The molecule has 0 aliphatic carbocycles. The van der Waals surface area contributed by atoms with Crippen molar-refractivity contribution < 1.29 is 9.50 Å². The Kier molecular flexibility index (Phi) is 5.95. The fourth-order valence-corrected chi connectivity index (χ4v) is 2.43. The molecule has 1 aromatic rings. The fraction of sp³-hybridized carbons (Fsp3) is 0.538. The van der Waals surface area contributed by atoms with Gasteiger partial charge in [0, 0.05) is 10.4 Å². The molecule has 2 nitrogen and oxygen atoms in total. The van der Waals surface area contributed by atoms with Gasteiger partial charge in [-0.15, -0.1) is 11.8 Å². The Hall–Kier alpha value is -0.580. The van der Waals surface area contributed by atoms with Crippen LogP contribution in [0.25, 0.3) is 0 Å². The summed E-state index contributed by atoms with van der Waals surface area (Å²) < 4.78 is 13.3. The van der Waals surface area contributed by atoms with Crippen LogP contribution in [0.15, 0.2) is 29.2 Å². The summed E-state index contributed by atoms with van der Waals surface area (Å²) in [6, 6.07) is 6.77. The molecule has 3 N–H and O–H groups in total. The molecular weight excluding hydrogens is 237 g/mol. The van der Waals surface area contributed by atoms with Gasteiger partial charge in [0.15, 0.2) is 0 Å². The second kappa shape index (κ2) is 6.99. The lowest BCUT2D eigenvalue weighted by Crippen LogP contribution is -2.42. The average molecular weight is 257 g/mol. The van der Waals surface area contributed by atoms with E-state index in [2.05, 4.69) is 0 Å². The van der Waals surface area contributed by atoms with E-state index in [1.54, 1.807) is 12.1 Å². The molecule has 1 atom stereocenters. The zero-order valence-electron chi connectivity index (χ0n) is 10.2. The molecule has 0 heterocycles. The van der Waals surface area contributed by atoms with E-state index in [1.165, 1.54) is 17.8 Å². The Morgan fingerprint density at radius 2 is 2.12 bits per heavy atom. The molecule has 17 heavy (non-hydrogen) atoms. The third-order valence-electron chi connectivity index (χ3n) is 2.93. The molecule has 0 aliphatic rings. The molecule has 0 spiro atoms. The number of aliphatic hydroxyl groups is 1. The lowest BCUT2D eigenvalue weighted by atomic mass is 9.93. The number of hydrogen-bond donors (Lipinski definition) is 2. The summed E-state index contributed by atoms with van der Waals surface area (Å²) in [5.74, 6) is 0.647. The molecule has 0 saturated heterocycles. The Labute approximate surface area is 106 Å². The third kappa shape index (κ3) is 4.66. The van der Waals surface area contributed by atoms with Crippen LogP contribution in [-0.2, 0) is 0 Å². The van der Waals surface area contributed by atoms with E-state index >= 15 is 0 Å². The second-order valence-electron chi connectivity index (χ2n) is 4.26. The van der Waals surface area contributed by atoms with Crippen LogP contribution < -0.4 is 5.73 Å². The van der Waals surface area contributed by atoms with Crippen LogP contribution in [-0.4, -0.2) is 23.0 Å². The zero-order valence-corrected chi connectivity index (χ0v) is 11.0. The van der Waals surface area contributed by atoms with Crippen LogP contribution in [0.3, 0.4) is 0 Å². The zero-order chi connectivity index (χ0) is 12.7. The molecule has 0 radical (unpaired) electrons. The van der Waals surface area contributed by atoms with E-state index in [0.29, 0.717) is 4.90 Å². The summed E-state index contributed by atoms with van der Waals surface area (Å²) in [5, 5.41) is 9.15. The highest BCUT2D eigenvalue weighted by atomic mass is 32.2. The number of hydrogen-bond acceptors (Lipinski definition) is 3.